The van der Waals surface area contributed by atoms with E-state index in [4.69, 9.17) is 11.5 Å². The lowest BCUT2D eigenvalue weighted by atomic mass is 9.79. The molecule has 1 aliphatic rings. The van der Waals surface area contributed by atoms with E-state index >= 15 is 0 Å². The van der Waals surface area contributed by atoms with Crippen molar-refractivity contribution in [3.05, 3.63) is 58.7 Å². The summed E-state index contributed by atoms with van der Waals surface area (Å²) in [6, 6.07) is 5.20. The molecule has 9 N–H and O–H groups in total. The SMILES string of the molecule is NC(=O)/C=C/c1cc(O)c(O)cc1[C@H]1[C@H](O)CC[C@H]1c1cc(O)c(O)cc1/C=C/C(N)=O. The summed E-state index contributed by atoms with van der Waals surface area (Å²) in [6.07, 6.45) is 5.00. The molecule has 1 aliphatic carbocycles. The Morgan fingerprint density at radius 2 is 1.19 bits per heavy atom. The second-order valence-corrected chi connectivity index (χ2v) is 7.69. The molecule has 3 rings (SSSR count). The van der Waals surface area contributed by atoms with Gasteiger partial charge in [-0.1, -0.05) is 0 Å². The van der Waals surface area contributed by atoms with E-state index in [2.05, 4.69) is 0 Å². The van der Waals surface area contributed by atoms with Gasteiger partial charge in [0.2, 0.25) is 11.8 Å². The maximum Gasteiger partial charge on any atom is 0.241 e. The zero-order valence-corrected chi connectivity index (χ0v) is 17.0. The van der Waals surface area contributed by atoms with E-state index in [1.807, 2.05) is 0 Å². The van der Waals surface area contributed by atoms with Crippen molar-refractivity contribution in [3.8, 4) is 23.0 Å². The Morgan fingerprint density at radius 3 is 1.69 bits per heavy atom. The van der Waals surface area contributed by atoms with Crippen molar-refractivity contribution in [3.63, 3.8) is 0 Å². The Labute approximate surface area is 183 Å². The van der Waals surface area contributed by atoms with E-state index < -0.39 is 41.3 Å². The summed E-state index contributed by atoms with van der Waals surface area (Å²) in [5.41, 5.74) is 12.1. The van der Waals surface area contributed by atoms with Gasteiger partial charge in [0.1, 0.15) is 0 Å². The summed E-state index contributed by atoms with van der Waals surface area (Å²) in [5.74, 6) is -4.01. The summed E-state index contributed by atoms with van der Waals surface area (Å²) >= 11 is 0. The maximum absolute atomic E-state index is 11.2. The van der Waals surface area contributed by atoms with Gasteiger partial charge < -0.3 is 37.0 Å². The molecular weight excluding hydrogens is 416 g/mol. The molecule has 168 valence electrons. The van der Waals surface area contributed by atoms with Crippen molar-refractivity contribution in [2.75, 3.05) is 0 Å². The van der Waals surface area contributed by atoms with Crippen LogP contribution in [0.5, 0.6) is 23.0 Å². The summed E-state index contributed by atoms with van der Waals surface area (Å²) in [4.78, 5) is 22.4. The third-order valence-corrected chi connectivity index (χ3v) is 5.59. The third-order valence-electron chi connectivity index (χ3n) is 5.59. The van der Waals surface area contributed by atoms with E-state index in [0.717, 1.165) is 12.2 Å². The highest BCUT2D eigenvalue weighted by Crippen LogP contribution is 2.51. The van der Waals surface area contributed by atoms with Gasteiger partial charge in [-0.15, -0.1) is 0 Å². The number of carbonyl (C=O) groups excluding carboxylic acids is 2. The number of carbonyl (C=O) groups is 2. The van der Waals surface area contributed by atoms with Gasteiger partial charge in [-0.3, -0.25) is 9.59 Å². The molecular formula is C23H24N2O7. The van der Waals surface area contributed by atoms with Gasteiger partial charge in [0.15, 0.2) is 23.0 Å². The van der Waals surface area contributed by atoms with Crippen LogP contribution >= 0.6 is 0 Å². The Morgan fingerprint density at radius 1 is 0.750 bits per heavy atom. The van der Waals surface area contributed by atoms with Crippen LogP contribution in [0.4, 0.5) is 0 Å². The lowest BCUT2D eigenvalue weighted by molar-refractivity contribution is -0.114. The average Bonchev–Trinajstić information content (AvgIpc) is 3.10. The van der Waals surface area contributed by atoms with Gasteiger partial charge in [-0.05, 0) is 77.4 Å². The Bertz CT molecular complexity index is 1120. The molecule has 3 atom stereocenters. The number of aliphatic hydroxyl groups excluding tert-OH is 1. The van der Waals surface area contributed by atoms with E-state index in [1.54, 1.807) is 0 Å². The van der Waals surface area contributed by atoms with E-state index in [9.17, 15) is 35.1 Å². The second-order valence-electron chi connectivity index (χ2n) is 7.69. The Kier molecular flexibility index (Phi) is 6.40. The maximum atomic E-state index is 11.2. The van der Waals surface area contributed by atoms with Crippen LogP contribution in [0.1, 0.15) is 46.9 Å². The second kappa shape index (κ2) is 9.03. The smallest absolute Gasteiger partial charge is 0.241 e. The highest BCUT2D eigenvalue weighted by Gasteiger charge is 2.39. The van der Waals surface area contributed by atoms with Crippen LogP contribution < -0.4 is 11.5 Å². The fourth-order valence-corrected chi connectivity index (χ4v) is 4.21. The number of hydrogen-bond donors (Lipinski definition) is 7. The van der Waals surface area contributed by atoms with Gasteiger partial charge in [0, 0.05) is 18.1 Å². The van der Waals surface area contributed by atoms with Crippen molar-refractivity contribution in [1.29, 1.82) is 0 Å². The Balaban J connectivity index is 2.18. The predicted octanol–water partition coefficient (Wildman–Crippen LogP) is 1.53. The van der Waals surface area contributed by atoms with Gasteiger partial charge in [0.05, 0.1) is 6.10 Å². The topological polar surface area (TPSA) is 187 Å². The normalized spacial score (nSPS) is 20.8. The summed E-state index contributed by atoms with van der Waals surface area (Å²) in [5, 5.41) is 50.9. The molecule has 2 aromatic rings. The molecule has 0 saturated heterocycles. The van der Waals surface area contributed by atoms with Gasteiger partial charge >= 0.3 is 0 Å². The minimum atomic E-state index is -0.853. The van der Waals surface area contributed by atoms with Crippen molar-refractivity contribution < 1.29 is 35.1 Å². The summed E-state index contributed by atoms with van der Waals surface area (Å²) < 4.78 is 0. The molecule has 0 aromatic heterocycles. The molecule has 2 aromatic carbocycles. The molecule has 9 heteroatoms. The van der Waals surface area contributed by atoms with E-state index in [0.29, 0.717) is 35.1 Å². The number of phenolic OH excluding ortho intramolecular Hbond substituents is 4. The summed E-state index contributed by atoms with van der Waals surface area (Å²) in [6.45, 7) is 0. The lowest BCUT2D eigenvalue weighted by Gasteiger charge is -2.26. The first-order valence-electron chi connectivity index (χ1n) is 9.83. The number of amides is 2. The number of nitrogens with two attached hydrogens (primary N) is 2. The van der Waals surface area contributed by atoms with Gasteiger partial charge in [-0.2, -0.15) is 0 Å². The third kappa shape index (κ3) is 4.68. The van der Waals surface area contributed by atoms with Crippen LogP contribution in [0, 0.1) is 0 Å². The number of phenols is 4. The van der Waals surface area contributed by atoms with Gasteiger partial charge in [0.25, 0.3) is 0 Å². The molecule has 32 heavy (non-hydrogen) atoms. The summed E-state index contributed by atoms with van der Waals surface area (Å²) in [7, 11) is 0. The van der Waals surface area contributed by atoms with Crippen LogP contribution in [0.3, 0.4) is 0 Å². The van der Waals surface area contributed by atoms with E-state index in [1.165, 1.54) is 36.4 Å². The van der Waals surface area contributed by atoms with Crippen molar-refractivity contribution in [2.45, 2.75) is 30.8 Å². The van der Waals surface area contributed by atoms with Crippen molar-refractivity contribution in [2.24, 2.45) is 11.5 Å². The fraction of sp³-hybridized carbons (Fsp3) is 0.217. The number of hydrogen-bond acceptors (Lipinski definition) is 7. The predicted molar refractivity (Wildman–Crippen MR) is 117 cm³/mol. The highest BCUT2D eigenvalue weighted by molar-refractivity contribution is 5.91. The van der Waals surface area contributed by atoms with Gasteiger partial charge in [-0.25, -0.2) is 0 Å². The lowest BCUT2D eigenvalue weighted by Crippen LogP contribution is -2.18. The molecule has 0 unspecified atom stereocenters. The molecule has 0 bridgehead atoms. The monoisotopic (exact) mass is 440 g/mol. The number of rotatable bonds is 6. The zero-order valence-electron chi connectivity index (χ0n) is 17.0. The molecule has 0 radical (unpaired) electrons. The molecule has 0 heterocycles. The molecule has 9 nitrogen and oxygen atoms in total. The number of aliphatic hydroxyl groups is 1. The molecule has 0 spiro atoms. The highest BCUT2D eigenvalue weighted by atomic mass is 16.3. The molecule has 1 saturated carbocycles. The van der Waals surface area contributed by atoms with Crippen LogP contribution in [0.2, 0.25) is 0 Å². The van der Waals surface area contributed by atoms with Crippen LogP contribution in [-0.4, -0.2) is 43.5 Å². The average molecular weight is 440 g/mol. The molecule has 1 fully saturated rings. The molecule has 2 amide bonds. The van der Waals surface area contributed by atoms with Crippen molar-refractivity contribution in [1.82, 2.24) is 0 Å². The van der Waals surface area contributed by atoms with E-state index in [-0.39, 0.29) is 11.5 Å². The van der Waals surface area contributed by atoms with Crippen LogP contribution in [0.25, 0.3) is 12.2 Å². The number of primary amides is 2. The first-order chi connectivity index (χ1) is 15.1. The standard InChI is InChI=1S/C23H24N2O7/c24-21(31)5-1-11-7-17(27)19(29)9-14(11)13-3-4-16(26)23(13)15-10-20(30)18(28)8-12(15)2-6-22(25)32/h1-2,5-10,13,16,23,26-30H,3-4H2,(H2,24,31)(H2,25,32)/b5-1+,6-2+/t13-,16+,23-/m0/s1. The molecule has 0 aliphatic heterocycles. The number of benzene rings is 2. The quantitative estimate of drug-likeness (QED) is 0.262. The number of aromatic hydroxyl groups is 4. The minimum absolute atomic E-state index is 0.368. The Hall–Kier alpha value is -3.98. The van der Waals surface area contributed by atoms with Crippen molar-refractivity contribution >= 4 is 24.0 Å². The first kappa shape index (κ1) is 22.7. The minimum Gasteiger partial charge on any atom is -0.504 e. The van der Waals surface area contributed by atoms with Crippen LogP contribution in [-0.2, 0) is 9.59 Å². The first-order valence-corrected chi connectivity index (χ1v) is 9.83. The zero-order chi connectivity index (χ0) is 23.6. The van der Waals surface area contributed by atoms with Crippen LogP contribution in [0.15, 0.2) is 36.4 Å². The largest absolute Gasteiger partial charge is 0.504 e. The fourth-order valence-electron chi connectivity index (χ4n) is 4.21.